The Morgan fingerprint density at radius 1 is 0.909 bits per heavy atom. The minimum absolute atomic E-state index is 0.0970. The van der Waals surface area contributed by atoms with Crippen molar-refractivity contribution < 1.29 is 18.4 Å². The molecule has 6 heteroatoms. The fraction of sp³-hybridized carbons (Fsp3) is 0.125. The van der Waals surface area contributed by atoms with Crippen molar-refractivity contribution >= 4 is 17.5 Å². The molecule has 0 radical (unpaired) electrons. The molecule has 0 aliphatic rings. The van der Waals surface area contributed by atoms with Crippen LogP contribution in [0, 0.1) is 11.6 Å². The molecule has 4 nitrogen and oxygen atoms in total. The second-order valence-electron chi connectivity index (χ2n) is 4.62. The van der Waals surface area contributed by atoms with Crippen LogP contribution in [0.3, 0.4) is 0 Å². The zero-order valence-electron chi connectivity index (χ0n) is 11.6. The summed E-state index contributed by atoms with van der Waals surface area (Å²) in [6.45, 7) is 0.318. The lowest BCUT2D eigenvalue weighted by atomic mass is 10.2. The van der Waals surface area contributed by atoms with E-state index in [-0.39, 0.29) is 5.69 Å². The summed E-state index contributed by atoms with van der Waals surface area (Å²) in [7, 11) is 0. The molecule has 0 atom stereocenters. The van der Waals surface area contributed by atoms with Crippen molar-refractivity contribution in [3.63, 3.8) is 0 Å². The van der Waals surface area contributed by atoms with Gasteiger partial charge in [0.15, 0.2) is 11.6 Å². The number of hydrogen-bond donors (Lipinski definition) is 2. The van der Waals surface area contributed by atoms with Gasteiger partial charge in [-0.3, -0.25) is 9.59 Å². The van der Waals surface area contributed by atoms with Gasteiger partial charge in [0.1, 0.15) is 6.42 Å². The van der Waals surface area contributed by atoms with Crippen molar-refractivity contribution in [2.75, 3.05) is 5.32 Å². The second-order valence-corrected chi connectivity index (χ2v) is 4.62. The van der Waals surface area contributed by atoms with E-state index in [0.29, 0.717) is 6.54 Å². The average Bonchev–Trinajstić information content (AvgIpc) is 2.50. The third-order valence-corrected chi connectivity index (χ3v) is 2.86. The molecule has 0 heterocycles. The predicted octanol–water partition coefficient (Wildman–Crippen LogP) is 2.61. The van der Waals surface area contributed by atoms with Crippen LogP contribution in [0.25, 0.3) is 0 Å². The van der Waals surface area contributed by atoms with E-state index in [9.17, 15) is 18.4 Å². The quantitative estimate of drug-likeness (QED) is 0.834. The molecule has 0 saturated heterocycles. The number of carbonyl (C=O) groups is 2. The summed E-state index contributed by atoms with van der Waals surface area (Å²) < 4.78 is 25.8. The van der Waals surface area contributed by atoms with E-state index in [1.165, 1.54) is 6.07 Å². The minimum atomic E-state index is -1.06. The SMILES string of the molecule is O=C(CC(=O)Nc1ccc(F)c(F)c1)NCc1ccccc1. The van der Waals surface area contributed by atoms with Gasteiger partial charge in [0.2, 0.25) is 11.8 Å². The maximum atomic E-state index is 13.0. The first-order valence-electron chi connectivity index (χ1n) is 6.60. The molecule has 114 valence electrons. The Kier molecular flexibility index (Phi) is 5.19. The fourth-order valence-corrected chi connectivity index (χ4v) is 1.78. The van der Waals surface area contributed by atoms with E-state index in [4.69, 9.17) is 0 Å². The minimum Gasteiger partial charge on any atom is -0.352 e. The molecule has 0 aliphatic heterocycles. The molecule has 2 N–H and O–H groups in total. The highest BCUT2D eigenvalue weighted by molar-refractivity contribution is 6.03. The Bertz CT molecular complexity index is 675. The van der Waals surface area contributed by atoms with Crippen molar-refractivity contribution in [1.82, 2.24) is 5.32 Å². The third-order valence-electron chi connectivity index (χ3n) is 2.86. The number of hydrogen-bond acceptors (Lipinski definition) is 2. The van der Waals surface area contributed by atoms with Gasteiger partial charge >= 0.3 is 0 Å². The maximum absolute atomic E-state index is 13.0. The Morgan fingerprint density at radius 2 is 1.64 bits per heavy atom. The molecule has 0 bridgehead atoms. The summed E-state index contributed by atoms with van der Waals surface area (Å²) in [5.74, 6) is -3.12. The summed E-state index contributed by atoms with van der Waals surface area (Å²) in [6.07, 6.45) is -0.397. The molecule has 0 aromatic heterocycles. The lowest BCUT2D eigenvalue weighted by Gasteiger charge is -2.07. The monoisotopic (exact) mass is 304 g/mol. The molecule has 2 aromatic rings. The van der Waals surface area contributed by atoms with E-state index in [0.717, 1.165) is 17.7 Å². The van der Waals surface area contributed by atoms with Gasteiger partial charge in [-0.15, -0.1) is 0 Å². The Labute approximate surface area is 126 Å². The van der Waals surface area contributed by atoms with Gasteiger partial charge in [-0.2, -0.15) is 0 Å². The van der Waals surface area contributed by atoms with Crippen molar-refractivity contribution in [2.45, 2.75) is 13.0 Å². The average molecular weight is 304 g/mol. The molecule has 2 rings (SSSR count). The Balaban J connectivity index is 1.81. The number of benzene rings is 2. The molecular weight excluding hydrogens is 290 g/mol. The number of nitrogens with one attached hydrogen (secondary N) is 2. The van der Waals surface area contributed by atoms with Crippen LogP contribution >= 0.6 is 0 Å². The van der Waals surface area contributed by atoms with Crippen LogP contribution in [0.1, 0.15) is 12.0 Å². The van der Waals surface area contributed by atoms with Crippen LogP contribution in [-0.4, -0.2) is 11.8 Å². The van der Waals surface area contributed by atoms with Crippen molar-refractivity contribution in [3.05, 3.63) is 65.7 Å². The van der Waals surface area contributed by atoms with Gasteiger partial charge in [0.05, 0.1) is 0 Å². The highest BCUT2D eigenvalue weighted by Gasteiger charge is 2.10. The molecule has 22 heavy (non-hydrogen) atoms. The Morgan fingerprint density at radius 3 is 2.32 bits per heavy atom. The topological polar surface area (TPSA) is 58.2 Å². The number of anilines is 1. The molecule has 2 amide bonds. The van der Waals surface area contributed by atoms with Crippen molar-refractivity contribution in [2.24, 2.45) is 0 Å². The Hall–Kier alpha value is -2.76. The van der Waals surface area contributed by atoms with E-state index >= 15 is 0 Å². The van der Waals surface area contributed by atoms with Gasteiger partial charge in [0, 0.05) is 18.3 Å². The number of amides is 2. The van der Waals surface area contributed by atoms with E-state index in [1.54, 1.807) is 0 Å². The first kappa shape index (κ1) is 15.6. The number of halogens is 2. The predicted molar refractivity (Wildman–Crippen MR) is 77.9 cm³/mol. The zero-order valence-corrected chi connectivity index (χ0v) is 11.6. The van der Waals surface area contributed by atoms with Gasteiger partial charge in [-0.25, -0.2) is 8.78 Å². The summed E-state index contributed by atoms with van der Waals surface area (Å²) in [5.41, 5.74) is 1.01. The second kappa shape index (κ2) is 7.31. The maximum Gasteiger partial charge on any atom is 0.233 e. The van der Waals surface area contributed by atoms with Crippen LogP contribution in [0.2, 0.25) is 0 Å². The first-order chi connectivity index (χ1) is 10.5. The van der Waals surface area contributed by atoms with Crippen LogP contribution in [0.4, 0.5) is 14.5 Å². The zero-order chi connectivity index (χ0) is 15.9. The molecular formula is C16H14F2N2O2. The summed E-state index contributed by atoms with van der Waals surface area (Å²) in [5, 5.41) is 4.93. The summed E-state index contributed by atoms with van der Waals surface area (Å²) in [6, 6.07) is 12.2. The van der Waals surface area contributed by atoms with Crippen molar-refractivity contribution in [1.29, 1.82) is 0 Å². The normalized spacial score (nSPS) is 10.1. The van der Waals surface area contributed by atoms with Gasteiger partial charge < -0.3 is 10.6 Å². The smallest absolute Gasteiger partial charge is 0.233 e. The fourth-order valence-electron chi connectivity index (χ4n) is 1.78. The molecule has 0 aliphatic carbocycles. The number of carbonyl (C=O) groups excluding carboxylic acids is 2. The van der Waals surface area contributed by atoms with E-state index < -0.39 is 29.9 Å². The lowest BCUT2D eigenvalue weighted by molar-refractivity contribution is -0.126. The summed E-state index contributed by atoms with van der Waals surface area (Å²) in [4.78, 5) is 23.3. The summed E-state index contributed by atoms with van der Waals surface area (Å²) >= 11 is 0. The van der Waals surface area contributed by atoms with E-state index in [2.05, 4.69) is 10.6 Å². The molecule has 0 spiro atoms. The standard InChI is InChI=1S/C16H14F2N2O2/c17-13-7-6-12(8-14(13)18)20-16(22)9-15(21)19-10-11-4-2-1-3-5-11/h1-8H,9-10H2,(H,19,21)(H,20,22). The number of rotatable bonds is 5. The molecule has 2 aromatic carbocycles. The first-order valence-corrected chi connectivity index (χ1v) is 6.60. The van der Waals surface area contributed by atoms with Crippen LogP contribution in [-0.2, 0) is 16.1 Å². The molecule has 0 saturated carbocycles. The molecule has 0 unspecified atom stereocenters. The third kappa shape index (κ3) is 4.66. The molecule has 0 fully saturated rings. The van der Waals surface area contributed by atoms with Gasteiger partial charge in [-0.05, 0) is 17.7 Å². The van der Waals surface area contributed by atoms with Crippen LogP contribution in [0.15, 0.2) is 48.5 Å². The van der Waals surface area contributed by atoms with Crippen LogP contribution in [0.5, 0.6) is 0 Å². The van der Waals surface area contributed by atoms with Crippen LogP contribution < -0.4 is 10.6 Å². The van der Waals surface area contributed by atoms with E-state index in [1.807, 2.05) is 30.3 Å². The van der Waals surface area contributed by atoms with Crippen molar-refractivity contribution in [3.8, 4) is 0 Å². The highest BCUT2D eigenvalue weighted by Crippen LogP contribution is 2.13. The van der Waals surface area contributed by atoms with Gasteiger partial charge in [-0.1, -0.05) is 30.3 Å². The largest absolute Gasteiger partial charge is 0.352 e. The highest BCUT2D eigenvalue weighted by atomic mass is 19.2. The lowest BCUT2D eigenvalue weighted by Crippen LogP contribution is -2.27. The van der Waals surface area contributed by atoms with Gasteiger partial charge in [0.25, 0.3) is 0 Å².